The van der Waals surface area contributed by atoms with Crippen LogP contribution in [0.3, 0.4) is 0 Å². The topological polar surface area (TPSA) is 50.9 Å². The average molecular weight is 415 g/mol. The molecule has 2 unspecified atom stereocenters. The maximum absolute atomic E-state index is 6.18. The Hall–Kier alpha value is -1.26. The van der Waals surface area contributed by atoms with Gasteiger partial charge in [0.2, 0.25) is 0 Å². The molecule has 0 saturated heterocycles. The third-order valence-electron chi connectivity index (χ3n) is 4.39. The molecule has 142 valence electrons. The smallest absolute Gasteiger partial charge is 0.0730 e. The van der Waals surface area contributed by atoms with Gasteiger partial charge >= 0.3 is 0 Å². The summed E-state index contributed by atoms with van der Waals surface area (Å²) in [6.45, 7) is 2.93. The van der Waals surface area contributed by atoms with Gasteiger partial charge in [-0.25, -0.2) is 4.98 Å². The SMILES string of the molecule is CCC(Cl)CC(N)CCNc1cccc2nc3ccccc3cc12.Cl.Cl. The molecule has 3 N–H and O–H groups in total. The largest absolute Gasteiger partial charge is 0.384 e. The highest BCUT2D eigenvalue weighted by Crippen LogP contribution is 2.26. The number of pyridine rings is 1. The molecule has 0 aliphatic carbocycles. The van der Waals surface area contributed by atoms with Crippen molar-refractivity contribution in [1.82, 2.24) is 4.98 Å². The molecule has 26 heavy (non-hydrogen) atoms. The fourth-order valence-corrected chi connectivity index (χ4v) is 3.19. The zero-order valence-corrected chi connectivity index (χ0v) is 17.2. The summed E-state index contributed by atoms with van der Waals surface area (Å²) < 4.78 is 0. The maximum Gasteiger partial charge on any atom is 0.0730 e. The molecule has 1 aromatic heterocycles. The first kappa shape index (κ1) is 22.8. The molecular weight excluding hydrogens is 389 g/mol. The van der Waals surface area contributed by atoms with Crippen molar-refractivity contribution < 1.29 is 0 Å². The average Bonchev–Trinajstić information content (AvgIpc) is 2.60. The molecule has 3 rings (SSSR count). The van der Waals surface area contributed by atoms with Crippen LogP contribution in [-0.4, -0.2) is 22.9 Å². The van der Waals surface area contributed by atoms with E-state index in [0.717, 1.165) is 53.3 Å². The Kier molecular flexibility index (Phi) is 9.45. The van der Waals surface area contributed by atoms with E-state index in [2.05, 4.69) is 36.5 Å². The predicted molar refractivity (Wildman–Crippen MR) is 119 cm³/mol. The van der Waals surface area contributed by atoms with E-state index in [9.17, 15) is 0 Å². The summed E-state index contributed by atoms with van der Waals surface area (Å²) >= 11 is 6.18. The Morgan fingerprint density at radius 2 is 1.81 bits per heavy atom. The van der Waals surface area contributed by atoms with Gasteiger partial charge in [-0.2, -0.15) is 0 Å². The van der Waals surface area contributed by atoms with Gasteiger partial charge in [-0.3, -0.25) is 0 Å². The fourth-order valence-electron chi connectivity index (χ4n) is 2.96. The quantitative estimate of drug-likeness (QED) is 0.381. The normalized spacial score (nSPS) is 12.9. The van der Waals surface area contributed by atoms with Crippen LogP contribution in [0.2, 0.25) is 0 Å². The molecule has 2 atom stereocenters. The van der Waals surface area contributed by atoms with Crippen molar-refractivity contribution in [2.24, 2.45) is 5.73 Å². The lowest BCUT2D eigenvalue weighted by Gasteiger charge is -2.16. The number of benzene rings is 2. The lowest BCUT2D eigenvalue weighted by molar-refractivity contribution is 0.558. The second kappa shape index (κ2) is 10.8. The van der Waals surface area contributed by atoms with Gasteiger partial charge in [0.15, 0.2) is 0 Å². The molecule has 0 aliphatic heterocycles. The summed E-state index contributed by atoms with van der Waals surface area (Å²) in [5, 5.41) is 5.99. The van der Waals surface area contributed by atoms with Gasteiger partial charge in [0.05, 0.1) is 11.0 Å². The van der Waals surface area contributed by atoms with E-state index in [4.69, 9.17) is 22.3 Å². The van der Waals surface area contributed by atoms with E-state index in [1.165, 1.54) is 0 Å². The standard InChI is InChI=1S/C20H24ClN3.2ClH/c1-2-15(21)13-16(22)10-11-23-19-8-5-9-20-17(19)12-14-6-3-4-7-18(14)24-20;;/h3-9,12,15-16,23H,2,10-11,13,22H2,1H3;2*1H. The van der Waals surface area contributed by atoms with Gasteiger partial charge in [-0.1, -0.05) is 31.2 Å². The van der Waals surface area contributed by atoms with Gasteiger partial charge in [-0.15, -0.1) is 36.4 Å². The van der Waals surface area contributed by atoms with Crippen molar-refractivity contribution in [3.63, 3.8) is 0 Å². The van der Waals surface area contributed by atoms with Crippen LogP contribution in [0.1, 0.15) is 26.2 Å². The Bertz CT molecular complexity index is 826. The Morgan fingerprint density at radius 3 is 2.58 bits per heavy atom. The van der Waals surface area contributed by atoms with Crippen LogP contribution in [0.4, 0.5) is 5.69 Å². The van der Waals surface area contributed by atoms with Gasteiger partial charge in [0, 0.05) is 34.4 Å². The number of halogens is 3. The number of fused-ring (bicyclic) bond motifs is 2. The highest BCUT2D eigenvalue weighted by molar-refractivity contribution is 6.20. The summed E-state index contributed by atoms with van der Waals surface area (Å²) in [5.74, 6) is 0. The highest BCUT2D eigenvalue weighted by Gasteiger charge is 2.09. The third kappa shape index (κ3) is 5.62. The molecule has 2 aromatic carbocycles. The number of alkyl halides is 1. The molecule has 0 bridgehead atoms. The van der Waals surface area contributed by atoms with Crippen molar-refractivity contribution >= 4 is 63.9 Å². The van der Waals surface area contributed by atoms with Crippen molar-refractivity contribution in [2.45, 2.75) is 37.6 Å². The highest BCUT2D eigenvalue weighted by atomic mass is 35.5. The molecule has 0 fully saturated rings. The van der Waals surface area contributed by atoms with Gasteiger partial charge in [0.1, 0.15) is 0 Å². The Morgan fingerprint density at radius 1 is 1.08 bits per heavy atom. The molecule has 0 spiro atoms. The Balaban J connectivity index is 0.00000169. The van der Waals surface area contributed by atoms with Crippen LogP contribution >= 0.6 is 36.4 Å². The molecule has 3 aromatic rings. The lowest BCUT2D eigenvalue weighted by atomic mass is 10.1. The van der Waals surface area contributed by atoms with E-state index in [1.807, 2.05) is 24.3 Å². The first-order valence-electron chi connectivity index (χ1n) is 8.59. The van der Waals surface area contributed by atoms with Crippen molar-refractivity contribution in [3.8, 4) is 0 Å². The van der Waals surface area contributed by atoms with Crippen LogP contribution in [-0.2, 0) is 0 Å². The summed E-state index contributed by atoms with van der Waals surface area (Å²) in [6.07, 6.45) is 2.73. The third-order valence-corrected chi connectivity index (χ3v) is 4.88. The molecule has 0 radical (unpaired) electrons. The second-order valence-corrected chi connectivity index (χ2v) is 6.89. The van der Waals surface area contributed by atoms with Crippen LogP contribution in [0, 0.1) is 0 Å². The number of nitrogens with one attached hydrogen (secondary N) is 1. The predicted octanol–water partition coefficient (Wildman–Crippen LogP) is 5.77. The number of hydrogen-bond acceptors (Lipinski definition) is 3. The van der Waals surface area contributed by atoms with Crippen LogP contribution in [0.25, 0.3) is 21.8 Å². The summed E-state index contributed by atoms with van der Waals surface area (Å²) in [6, 6.07) is 16.7. The minimum Gasteiger partial charge on any atom is -0.384 e. The molecule has 0 saturated carbocycles. The van der Waals surface area contributed by atoms with E-state index in [0.29, 0.717) is 0 Å². The zero-order chi connectivity index (χ0) is 16.9. The molecular formula is C20H26Cl3N3. The van der Waals surface area contributed by atoms with Crippen LogP contribution in [0.15, 0.2) is 48.5 Å². The van der Waals surface area contributed by atoms with Gasteiger partial charge in [0.25, 0.3) is 0 Å². The molecule has 1 heterocycles. The van der Waals surface area contributed by atoms with Crippen LogP contribution < -0.4 is 11.1 Å². The first-order valence-corrected chi connectivity index (χ1v) is 9.03. The van der Waals surface area contributed by atoms with Gasteiger partial charge < -0.3 is 11.1 Å². The number of anilines is 1. The van der Waals surface area contributed by atoms with E-state index in [-0.39, 0.29) is 36.2 Å². The molecule has 0 aliphatic rings. The minimum atomic E-state index is 0. The monoisotopic (exact) mass is 413 g/mol. The molecule has 6 heteroatoms. The van der Waals surface area contributed by atoms with Crippen molar-refractivity contribution in [3.05, 3.63) is 48.5 Å². The zero-order valence-electron chi connectivity index (χ0n) is 14.8. The Labute approximate surface area is 172 Å². The number of hydrogen-bond donors (Lipinski definition) is 2. The van der Waals surface area contributed by atoms with Gasteiger partial charge in [-0.05, 0) is 43.5 Å². The van der Waals surface area contributed by atoms with E-state index in [1.54, 1.807) is 0 Å². The number of aromatic nitrogens is 1. The van der Waals surface area contributed by atoms with E-state index >= 15 is 0 Å². The second-order valence-electron chi connectivity index (χ2n) is 6.27. The summed E-state index contributed by atoms with van der Waals surface area (Å²) in [7, 11) is 0. The van der Waals surface area contributed by atoms with E-state index < -0.39 is 0 Å². The number of nitrogens with zero attached hydrogens (tertiary/aromatic N) is 1. The number of rotatable bonds is 7. The van der Waals surface area contributed by atoms with Crippen molar-refractivity contribution in [2.75, 3.05) is 11.9 Å². The number of nitrogens with two attached hydrogens (primary N) is 1. The number of para-hydroxylation sites is 1. The maximum atomic E-state index is 6.18. The minimum absolute atomic E-state index is 0. The first-order chi connectivity index (χ1) is 11.7. The van der Waals surface area contributed by atoms with Crippen molar-refractivity contribution in [1.29, 1.82) is 0 Å². The van der Waals surface area contributed by atoms with Crippen LogP contribution in [0.5, 0.6) is 0 Å². The summed E-state index contributed by atoms with van der Waals surface area (Å²) in [4.78, 5) is 4.75. The molecule has 3 nitrogen and oxygen atoms in total. The summed E-state index contributed by atoms with van der Waals surface area (Å²) in [5.41, 5.74) is 9.31. The molecule has 0 amide bonds. The lowest BCUT2D eigenvalue weighted by Crippen LogP contribution is -2.26. The fraction of sp³-hybridized carbons (Fsp3) is 0.350.